The van der Waals surface area contributed by atoms with Gasteiger partial charge in [-0.1, -0.05) is 20.3 Å². The largest absolute Gasteiger partial charge is 0.356 e. The van der Waals surface area contributed by atoms with Crippen molar-refractivity contribution in [3.63, 3.8) is 0 Å². The van der Waals surface area contributed by atoms with E-state index >= 15 is 0 Å². The average Bonchev–Trinajstić information content (AvgIpc) is 2.90. The number of rotatable bonds is 7. The fourth-order valence-electron chi connectivity index (χ4n) is 1.97. The maximum Gasteiger partial charge on any atom is 0.222 e. The standard InChI is InChI=1S/C13H26N2O/c1-9(5-4-6-11(3)14)13(16)15-8-12-7-10(12)2/h9-12H,4-8,14H2,1-3H3,(H,15,16). The van der Waals surface area contributed by atoms with Crippen LogP contribution in [0.3, 0.4) is 0 Å². The van der Waals surface area contributed by atoms with E-state index in [0.29, 0.717) is 0 Å². The molecule has 1 fully saturated rings. The summed E-state index contributed by atoms with van der Waals surface area (Å²) < 4.78 is 0. The Balaban J connectivity index is 2.05. The monoisotopic (exact) mass is 226 g/mol. The molecule has 4 unspecified atom stereocenters. The second kappa shape index (κ2) is 6.24. The highest BCUT2D eigenvalue weighted by atomic mass is 16.1. The van der Waals surface area contributed by atoms with Gasteiger partial charge in [-0.3, -0.25) is 4.79 Å². The van der Waals surface area contributed by atoms with E-state index in [1.54, 1.807) is 0 Å². The summed E-state index contributed by atoms with van der Waals surface area (Å²) in [5.74, 6) is 1.89. The molecule has 0 spiro atoms. The van der Waals surface area contributed by atoms with Gasteiger partial charge in [0.05, 0.1) is 0 Å². The Hall–Kier alpha value is -0.570. The summed E-state index contributed by atoms with van der Waals surface area (Å²) in [5, 5.41) is 3.04. The van der Waals surface area contributed by atoms with Crippen molar-refractivity contribution >= 4 is 5.91 Å². The van der Waals surface area contributed by atoms with Gasteiger partial charge in [-0.2, -0.15) is 0 Å². The minimum atomic E-state index is 0.132. The van der Waals surface area contributed by atoms with Crippen molar-refractivity contribution < 1.29 is 4.79 Å². The summed E-state index contributed by atoms with van der Waals surface area (Å²) in [6.07, 6.45) is 4.29. The Morgan fingerprint density at radius 3 is 2.56 bits per heavy atom. The molecule has 0 aromatic heterocycles. The molecule has 1 amide bonds. The molecule has 3 N–H and O–H groups in total. The van der Waals surface area contributed by atoms with Gasteiger partial charge in [0.2, 0.25) is 5.91 Å². The van der Waals surface area contributed by atoms with Crippen LogP contribution in [0.1, 0.15) is 46.5 Å². The zero-order valence-electron chi connectivity index (χ0n) is 10.8. The summed E-state index contributed by atoms with van der Waals surface area (Å²) in [6, 6.07) is 0.252. The second-order valence-corrected chi connectivity index (χ2v) is 5.53. The highest BCUT2D eigenvalue weighted by Crippen LogP contribution is 2.36. The van der Waals surface area contributed by atoms with Crippen LogP contribution in [-0.2, 0) is 4.79 Å². The number of nitrogens with two attached hydrogens (primary N) is 1. The van der Waals surface area contributed by atoms with Crippen LogP contribution in [0, 0.1) is 17.8 Å². The van der Waals surface area contributed by atoms with E-state index in [0.717, 1.165) is 37.6 Å². The summed E-state index contributed by atoms with van der Waals surface area (Å²) >= 11 is 0. The Morgan fingerprint density at radius 1 is 1.44 bits per heavy atom. The molecule has 0 aromatic rings. The molecule has 0 bridgehead atoms. The molecule has 1 aliphatic carbocycles. The minimum absolute atomic E-state index is 0.132. The number of hydrogen-bond acceptors (Lipinski definition) is 2. The van der Waals surface area contributed by atoms with E-state index in [9.17, 15) is 4.79 Å². The molecule has 0 heterocycles. The van der Waals surface area contributed by atoms with Crippen molar-refractivity contribution in [2.75, 3.05) is 6.54 Å². The summed E-state index contributed by atoms with van der Waals surface area (Å²) in [6.45, 7) is 7.13. The third-order valence-electron chi connectivity index (χ3n) is 3.56. The Kier molecular flexibility index (Phi) is 5.26. The predicted molar refractivity (Wildman–Crippen MR) is 66.9 cm³/mol. The number of hydrogen-bond donors (Lipinski definition) is 2. The molecular weight excluding hydrogens is 200 g/mol. The number of amides is 1. The minimum Gasteiger partial charge on any atom is -0.356 e. The lowest BCUT2D eigenvalue weighted by molar-refractivity contribution is -0.124. The molecule has 1 saturated carbocycles. The first-order valence-electron chi connectivity index (χ1n) is 6.54. The molecule has 0 aromatic carbocycles. The first-order chi connectivity index (χ1) is 7.50. The van der Waals surface area contributed by atoms with Crippen LogP contribution < -0.4 is 11.1 Å². The van der Waals surface area contributed by atoms with Gasteiger partial charge < -0.3 is 11.1 Å². The van der Waals surface area contributed by atoms with Gasteiger partial charge in [-0.15, -0.1) is 0 Å². The number of carbonyl (C=O) groups excluding carboxylic acids is 1. The molecule has 16 heavy (non-hydrogen) atoms. The van der Waals surface area contributed by atoms with Crippen molar-refractivity contribution in [3.05, 3.63) is 0 Å². The molecule has 4 atom stereocenters. The van der Waals surface area contributed by atoms with E-state index in [1.807, 2.05) is 13.8 Å². The van der Waals surface area contributed by atoms with Gasteiger partial charge in [0.15, 0.2) is 0 Å². The normalized spacial score (nSPS) is 27.2. The average molecular weight is 226 g/mol. The predicted octanol–water partition coefficient (Wildman–Crippen LogP) is 1.91. The van der Waals surface area contributed by atoms with E-state index in [1.165, 1.54) is 6.42 Å². The van der Waals surface area contributed by atoms with E-state index in [2.05, 4.69) is 12.2 Å². The van der Waals surface area contributed by atoms with Crippen LogP contribution in [0.2, 0.25) is 0 Å². The molecule has 0 radical (unpaired) electrons. The van der Waals surface area contributed by atoms with Crippen molar-refractivity contribution in [3.8, 4) is 0 Å². The second-order valence-electron chi connectivity index (χ2n) is 5.53. The number of nitrogens with one attached hydrogen (secondary N) is 1. The third kappa shape index (κ3) is 4.97. The molecule has 1 rings (SSSR count). The molecule has 1 aliphatic rings. The van der Waals surface area contributed by atoms with Crippen LogP contribution in [0.15, 0.2) is 0 Å². The summed E-state index contributed by atoms with van der Waals surface area (Å²) in [4.78, 5) is 11.7. The van der Waals surface area contributed by atoms with Crippen molar-refractivity contribution in [1.29, 1.82) is 0 Å². The lowest BCUT2D eigenvalue weighted by atomic mass is 10.0. The van der Waals surface area contributed by atoms with Crippen LogP contribution in [0.5, 0.6) is 0 Å². The fraction of sp³-hybridized carbons (Fsp3) is 0.923. The Morgan fingerprint density at radius 2 is 2.06 bits per heavy atom. The highest BCUT2D eigenvalue weighted by Gasteiger charge is 2.32. The maximum atomic E-state index is 11.7. The van der Waals surface area contributed by atoms with Gasteiger partial charge in [0.1, 0.15) is 0 Å². The van der Waals surface area contributed by atoms with E-state index < -0.39 is 0 Å². The van der Waals surface area contributed by atoms with Crippen LogP contribution in [-0.4, -0.2) is 18.5 Å². The van der Waals surface area contributed by atoms with Crippen LogP contribution in [0.4, 0.5) is 0 Å². The lowest BCUT2D eigenvalue weighted by Crippen LogP contribution is -2.31. The quantitative estimate of drug-likeness (QED) is 0.697. The van der Waals surface area contributed by atoms with Crippen molar-refractivity contribution in [2.45, 2.75) is 52.5 Å². The van der Waals surface area contributed by atoms with E-state index in [4.69, 9.17) is 5.73 Å². The maximum absolute atomic E-state index is 11.7. The summed E-state index contributed by atoms with van der Waals surface area (Å²) in [5.41, 5.74) is 5.68. The third-order valence-corrected chi connectivity index (χ3v) is 3.56. The zero-order valence-corrected chi connectivity index (χ0v) is 10.8. The Labute approximate surface area is 99.2 Å². The smallest absolute Gasteiger partial charge is 0.222 e. The zero-order chi connectivity index (χ0) is 12.1. The molecular formula is C13H26N2O. The first kappa shape index (κ1) is 13.5. The van der Waals surface area contributed by atoms with Gasteiger partial charge in [-0.25, -0.2) is 0 Å². The molecule has 0 saturated heterocycles. The van der Waals surface area contributed by atoms with Crippen molar-refractivity contribution in [2.24, 2.45) is 23.5 Å². The topological polar surface area (TPSA) is 55.1 Å². The molecule has 3 heteroatoms. The molecule has 3 nitrogen and oxygen atoms in total. The Bertz CT molecular complexity index is 228. The van der Waals surface area contributed by atoms with Gasteiger partial charge >= 0.3 is 0 Å². The van der Waals surface area contributed by atoms with Crippen LogP contribution in [0.25, 0.3) is 0 Å². The molecule has 0 aliphatic heterocycles. The summed E-state index contributed by atoms with van der Waals surface area (Å²) in [7, 11) is 0. The SMILES string of the molecule is CC(N)CCCC(C)C(=O)NCC1CC1C. The first-order valence-corrected chi connectivity index (χ1v) is 6.54. The van der Waals surface area contributed by atoms with E-state index in [-0.39, 0.29) is 17.9 Å². The lowest BCUT2D eigenvalue weighted by Gasteiger charge is -2.12. The van der Waals surface area contributed by atoms with Gasteiger partial charge in [0.25, 0.3) is 0 Å². The van der Waals surface area contributed by atoms with Gasteiger partial charge in [0, 0.05) is 18.5 Å². The molecule has 94 valence electrons. The van der Waals surface area contributed by atoms with Gasteiger partial charge in [-0.05, 0) is 38.0 Å². The van der Waals surface area contributed by atoms with Crippen LogP contribution >= 0.6 is 0 Å². The van der Waals surface area contributed by atoms with Crippen molar-refractivity contribution in [1.82, 2.24) is 5.32 Å². The number of carbonyl (C=O) groups is 1. The highest BCUT2D eigenvalue weighted by molar-refractivity contribution is 5.78. The fourth-order valence-corrected chi connectivity index (χ4v) is 1.97.